The zero-order valence-electron chi connectivity index (χ0n) is 18.9. The van der Waals surface area contributed by atoms with E-state index in [-0.39, 0.29) is 33.6 Å². The van der Waals surface area contributed by atoms with E-state index in [1.807, 2.05) is 24.3 Å². The number of amides is 1. The molecule has 1 heterocycles. The third-order valence-corrected chi connectivity index (χ3v) is 5.72. The van der Waals surface area contributed by atoms with Gasteiger partial charge in [-0.3, -0.25) is 14.9 Å². The summed E-state index contributed by atoms with van der Waals surface area (Å²) in [6.07, 6.45) is 0. The van der Waals surface area contributed by atoms with Crippen molar-refractivity contribution < 1.29 is 19.6 Å². The second-order valence-corrected chi connectivity index (χ2v) is 8.58. The minimum Gasteiger partial charge on any atom is -0.478 e. The molecule has 4 N–H and O–H groups in total. The van der Waals surface area contributed by atoms with Crippen LogP contribution >= 0.6 is 23.2 Å². The lowest BCUT2D eigenvalue weighted by Crippen LogP contribution is -2.10. The van der Waals surface area contributed by atoms with Crippen molar-refractivity contribution in [2.24, 2.45) is 0 Å². The number of hydrogen-bond acceptors (Lipinski definition) is 6. The number of benzene rings is 4. The quantitative estimate of drug-likeness (QED) is 0.158. The molecule has 186 valence electrons. The van der Waals surface area contributed by atoms with Crippen molar-refractivity contribution in [3.8, 4) is 0 Å². The number of nitrogens with one attached hydrogen (secondary N) is 3. The molecule has 1 aliphatic heterocycles. The van der Waals surface area contributed by atoms with Gasteiger partial charge in [-0.2, -0.15) is 0 Å². The van der Waals surface area contributed by atoms with Crippen molar-refractivity contribution in [1.82, 2.24) is 0 Å². The fraction of sp³-hybridized carbons (Fsp3) is 0. The second-order valence-electron chi connectivity index (χ2n) is 7.71. The van der Waals surface area contributed by atoms with Crippen molar-refractivity contribution in [3.05, 3.63) is 116 Å². The van der Waals surface area contributed by atoms with Gasteiger partial charge in [0.05, 0.1) is 38.8 Å². The number of anilines is 5. The van der Waals surface area contributed by atoms with Crippen LogP contribution in [0.5, 0.6) is 0 Å². The molecule has 0 radical (unpaired) electrons. The van der Waals surface area contributed by atoms with Gasteiger partial charge in [0.15, 0.2) is 0 Å². The number of carbonyl (C=O) groups excluding carboxylic acids is 1. The molecular formula is C26H18Cl2N4O5. The van der Waals surface area contributed by atoms with Crippen LogP contribution in [0.3, 0.4) is 0 Å². The second kappa shape index (κ2) is 11.0. The maximum Gasteiger partial charge on any atom is 0.337 e. The topological polar surface area (TPSA) is 134 Å². The molecule has 0 aromatic heterocycles. The number of para-hydroxylation sites is 2. The Labute approximate surface area is 220 Å². The standard InChI is InChI=1S/C13H9ClN2O4.C13H9ClN2O/c14-8-5-6-11(12(7-8)16(19)20)15-10-4-2-1-3-9(10)13(17)18;14-8-5-6-11-12(7-8)16-13(17)9-3-1-2-4-10(9)15-11/h1-7,15H,(H,17,18);1-7,15H,(H,16,17). The molecule has 0 fully saturated rings. The Balaban J connectivity index is 0.000000175. The fourth-order valence-electron chi connectivity index (χ4n) is 3.54. The fourth-order valence-corrected chi connectivity index (χ4v) is 3.88. The molecule has 4 aromatic carbocycles. The van der Waals surface area contributed by atoms with Crippen LogP contribution in [-0.4, -0.2) is 21.9 Å². The van der Waals surface area contributed by atoms with E-state index in [1.165, 1.54) is 30.3 Å². The lowest BCUT2D eigenvalue weighted by molar-refractivity contribution is -0.383. The molecule has 0 atom stereocenters. The molecule has 37 heavy (non-hydrogen) atoms. The van der Waals surface area contributed by atoms with Crippen molar-refractivity contribution in [2.45, 2.75) is 0 Å². The SMILES string of the molecule is O=C(O)c1ccccc1Nc1ccc(Cl)cc1[N+](=O)[O-].O=C1Nc2cc(Cl)ccc2Nc2ccccc21. The number of nitrogens with zero attached hydrogens (tertiary/aromatic N) is 1. The Morgan fingerprint density at radius 3 is 2.24 bits per heavy atom. The predicted molar refractivity (Wildman–Crippen MR) is 144 cm³/mol. The summed E-state index contributed by atoms with van der Waals surface area (Å²) >= 11 is 11.6. The first-order valence-electron chi connectivity index (χ1n) is 10.7. The maximum atomic E-state index is 12.0. The zero-order chi connectivity index (χ0) is 26.5. The first-order valence-corrected chi connectivity index (χ1v) is 11.5. The van der Waals surface area contributed by atoms with Gasteiger partial charge in [0.1, 0.15) is 5.69 Å². The highest BCUT2D eigenvalue weighted by atomic mass is 35.5. The predicted octanol–water partition coefficient (Wildman–Crippen LogP) is 7.34. The van der Waals surface area contributed by atoms with Gasteiger partial charge < -0.3 is 21.1 Å². The van der Waals surface area contributed by atoms with Crippen LogP contribution in [0, 0.1) is 10.1 Å². The van der Waals surface area contributed by atoms with Crippen molar-refractivity contribution in [1.29, 1.82) is 0 Å². The molecule has 0 spiro atoms. The summed E-state index contributed by atoms with van der Waals surface area (Å²) in [4.78, 5) is 33.5. The summed E-state index contributed by atoms with van der Waals surface area (Å²) in [6.45, 7) is 0. The van der Waals surface area contributed by atoms with Crippen LogP contribution in [0.4, 0.5) is 34.1 Å². The van der Waals surface area contributed by atoms with Gasteiger partial charge >= 0.3 is 5.97 Å². The van der Waals surface area contributed by atoms with E-state index < -0.39 is 10.9 Å². The smallest absolute Gasteiger partial charge is 0.337 e. The van der Waals surface area contributed by atoms with Crippen LogP contribution in [-0.2, 0) is 0 Å². The van der Waals surface area contributed by atoms with E-state index in [9.17, 15) is 19.7 Å². The number of carboxylic acid groups (broad SMARTS) is 1. The Bertz CT molecular complexity index is 1530. The van der Waals surface area contributed by atoms with Gasteiger partial charge in [0.25, 0.3) is 11.6 Å². The van der Waals surface area contributed by atoms with Gasteiger partial charge in [0.2, 0.25) is 0 Å². The molecule has 0 saturated heterocycles. The van der Waals surface area contributed by atoms with Crippen molar-refractivity contribution in [2.75, 3.05) is 16.0 Å². The largest absolute Gasteiger partial charge is 0.478 e. The van der Waals surface area contributed by atoms with E-state index in [4.69, 9.17) is 28.3 Å². The summed E-state index contributed by atoms with van der Waals surface area (Å²) in [5.41, 5.74) is 3.20. The average molecular weight is 537 g/mol. The highest BCUT2D eigenvalue weighted by Crippen LogP contribution is 2.34. The number of rotatable bonds is 4. The number of halogens is 2. The Morgan fingerprint density at radius 2 is 1.49 bits per heavy atom. The minimum absolute atomic E-state index is 0.0248. The van der Waals surface area contributed by atoms with Gasteiger partial charge in [0, 0.05) is 16.1 Å². The number of carbonyl (C=O) groups is 2. The normalized spacial score (nSPS) is 11.4. The number of nitro groups is 1. The van der Waals surface area contributed by atoms with Crippen LogP contribution in [0.2, 0.25) is 10.0 Å². The molecule has 9 nitrogen and oxygen atoms in total. The van der Waals surface area contributed by atoms with E-state index in [1.54, 1.807) is 30.3 Å². The van der Waals surface area contributed by atoms with Gasteiger partial charge in [-0.1, -0.05) is 47.5 Å². The lowest BCUT2D eigenvalue weighted by atomic mass is 10.1. The van der Waals surface area contributed by atoms with E-state index >= 15 is 0 Å². The third kappa shape index (κ3) is 5.97. The van der Waals surface area contributed by atoms with Crippen molar-refractivity contribution in [3.63, 3.8) is 0 Å². The summed E-state index contributed by atoms with van der Waals surface area (Å²) < 4.78 is 0. The number of fused-ring (bicyclic) bond motifs is 2. The molecule has 1 aliphatic rings. The molecule has 11 heteroatoms. The van der Waals surface area contributed by atoms with Crippen LogP contribution in [0.1, 0.15) is 20.7 Å². The third-order valence-electron chi connectivity index (χ3n) is 5.25. The molecule has 0 bridgehead atoms. The molecule has 0 saturated carbocycles. The first-order chi connectivity index (χ1) is 17.7. The molecule has 5 rings (SSSR count). The first kappa shape index (κ1) is 25.5. The summed E-state index contributed by atoms with van der Waals surface area (Å²) in [6, 6.07) is 23.0. The maximum absolute atomic E-state index is 12.0. The minimum atomic E-state index is -1.12. The average Bonchev–Trinajstić information content (AvgIpc) is 3.01. The molecular weight excluding hydrogens is 519 g/mol. The van der Waals surface area contributed by atoms with Gasteiger partial charge in [-0.15, -0.1) is 0 Å². The molecule has 0 unspecified atom stereocenters. The number of hydrogen-bond donors (Lipinski definition) is 4. The number of carboxylic acids is 1. The summed E-state index contributed by atoms with van der Waals surface area (Å²) in [5.74, 6) is -1.25. The van der Waals surface area contributed by atoms with Gasteiger partial charge in [-0.25, -0.2) is 4.79 Å². The Kier molecular flexibility index (Phi) is 7.57. The molecule has 1 amide bonds. The van der Waals surface area contributed by atoms with E-state index in [0.29, 0.717) is 16.3 Å². The highest BCUT2D eigenvalue weighted by Gasteiger charge is 2.19. The number of aromatic carboxylic acids is 1. The van der Waals surface area contributed by atoms with Crippen LogP contribution in [0.15, 0.2) is 84.9 Å². The van der Waals surface area contributed by atoms with Crippen molar-refractivity contribution >= 4 is 69.2 Å². The monoisotopic (exact) mass is 536 g/mol. The lowest BCUT2D eigenvalue weighted by Gasteiger charge is -2.09. The number of nitro benzene ring substituents is 1. The molecule has 4 aromatic rings. The zero-order valence-corrected chi connectivity index (χ0v) is 20.4. The Hall–Kier alpha value is -4.60. The summed E-state index contributed by atoms with van der Waals surface area (Å²) in [5, 5.41) is 29.7. The summed E-state index contributed by atoms with van der Waals surface area (Å²) in [7, 11) is 0. The Morgan fingerprint density at radius 1 is 0.811 bits per heavy atom. The van der Waals surface area contributed by atoms with E-state index in [0.717, 1.165) is 11.4 Å². The van der Waals surface area contributed by atoms with Crippen LogP contribution in [0.25, 0.3) is 0 Å². The van der Waals surface area contributed by atoms with E-state index in [2.05, 4.69) is 16.0 Å². The highest BCUT2D eigenvalue weighted by molar-refractivity contribution is 6.31. The van der Waals surface area contributed by atoms with Gasteiger partial charge in [-0.05, 0) is 54.6 Å². The molecule has 0 aliphatic carbocycles. The van der Waals surface area contributed by atoms with Crippen LogP contribution < -0.4 is 16.0 Å².